The normalized spacial score (nSPS) is 12.4. The Labute approximate surface area is 111 Å². The van der Waals surface area contributed by atoms with Gasteiger partial charge in [-0.25, -0.2) is 4.68 Å². The maximum atomic E-state index is 11.6. The van der Waals surface area contributed by atoms with Crippen LogP contribution in [0.25, 0.3) is 0 Å². The summed E-state index contributed by atoms with van der Waals surface area (Å²) in [5, 5.41) is 18.0. The molecule has 1 heterocycles. The van der Waals surface area contributed by atoms with E-state index in [1.54, 1.807) is 4.68 Å². The van der Waals surface area contributed by atoms with Gasteiger partial charge in [-0.3, -0.25) is 4.79 Å². The molecule has 102 valence electrons. The Morgan fingerprint density at radius 2 is 2.33 bits per heavy atom. The van der Waals surface area contributed by atoms with Crippen molar-refractivity contribution in [2.24, 2.45) is 0 Å². The largest absolute Gasteiger partial charge is 0.353 e. The third kappa shape index (κ3) is 5.01. The van der Waals surface area contributed by atoms with Crippen LogP contribution in [0.15, 0.2) is 5.16 Å². The summed E-state index contributed by atoms with van der Waals surface area (Å²) in [4.78, 5) is 11.6. The van der Waals surface area contributed by atoms with Crippen LogP contribution >= 0.6 is 11.8 Å². The molecule has 0 aliphatic rings. The Bertz CT molecular complexity index is 369. The van der Waals surface area contributed by atoms with Crippen molar-refractivity contribution in [2.45, 2.75) is 38.0 Å². The molecule has 1 amide bonds. The van der Waals surface area contributed by atoms with Crippen molar-refractivity contribution in [3.63, 3.8) is 0 Å². The molecule has 1 aromatic heterocycles. The van der Waals surface area contributed by atoms with Gasteiger partial charge in [0.15, 0.2) is 0 Å². The van der Waals surface area contributed by atoms with Gasteiger partial charge < -0.3 is 10.6 Å². The Hall–Kier alpha value is -1.15. The molecule has 0 fully saturated rings. The van der Waals surface area contributed by atoms with E-state index in [4.69, 9.17) is 0 Å². The van der Waals surface area contributed by atoms with E-state index >= 15 is 0 Å². The number of aromatic nitrogens is 4. The minimum absolute atomic E-state index is 0.0116. The molecule has 0 spiro atoms. The summed E-state index contributed by atoms with van der Waals surface area (Å²) < 4.78 is 1.69. The van der Waals surface area contributed by atoms with Gasteiger partial charge in [-0.2, -0.15) is 0 Å². The number of likely N-dealkylation sites (N-methyl/N-ethyl adjacent to an activating group) is 1. The van der Waals surface area contributed by atoms with Crippen LogP contribution in [0, 0.1) is 0 Å². The molecule has 0 aromatic carbocycles. The average molecular weight is 272 g/mol. The summed E-state index contributed by atoms with van der Waals surface area (Å²) in [7, 11) is 1.87. The van der Waals surface area contributed by atoms with Crippen LogP contribution in [0.2, 0.25) is 0 Å². The second-order valence-corrected chi connectivity index (χ2v) is 4.90. The highest BCUT2D eigenvalue weighted by atomic mass is 32.2. The van der Waals surface area contributed by atoms with Crippen LogP contribution in [-0.4, -0.2) is 51.5 Å². The highest BCUT2D eigenvalue weighted by Crippen LogP contribution is 2.12. The maximum Gasteiger partial charge on any atom is 0.230 e. The number of rotatable bonds is 8. The highest BCUT2D eigenvalue weighted by molar-refractivity contribution is 7.99. The fourth-order valence-electron chi connectivity index (χ4n) is 1.21. The molecular weight excluding hydrogens is 252 g/mol. The summed E-state index contributed by atoms with van der Waals surface area (Å²) in [6, 6.07) is 0.207. The van der Waals surface area contributed by atoms with Gasteiger partial charge >= 0.3 is 0 Å². The van der Waals surface area contributed by atoms with E-state index in [0.29, 0.717) is 17.5 Å². The van der Waals surface area contributed by atoms with Crippen LogP contribution < -0.4 is 10.6 Å². The van der Waals surface area contributed by atoms with Crippen LogP contribution in [-0.2, 0) is 11.3 Å². The van der Waals surface area contributed by atoms with Crippen molar-refractivity contribution < 1.29 is 4.79 Å². The van der Waals surface area contributed by atoms with E-state index in [9.17, 15) is 4.79 Å². The highest BCUT2D eigenvalue weighted by Gasteiger charge is 2.10. The first-order chi connectivity index (χ1) is 8.67. The molecule has 1 atom stereocenters. The number of nitrogens with one attached hydrogen (secondary N) is 2. The molecule has 8 heteroatoms. The number of amides is 1. The van der Waals surface area contributed by atoms with Crippen molar-refractivity contribution in [1.29, 1.82) is 0 Å². The lowest BCUT2D eigenvalue weighted by Crippen LogP contribution is -2.33. The van der Waals surface area contributed by atoms with Crippen LogP contribution in [0.1, 0.15) is 20.3 Å². The van der Waals surface area contributed by atoms with Crippen LogP contribution in [0.3, 0.4) is 0 Å². The lowest BCUT2D eigenvalue weighted by molar-refractivity contribution is -0.119. The van der Waals surface area contributed by atoms with Crippen molar-refractivity contribution >= 4 is 17.7 Å². The fraction of sp³-hybridized carbons (Fsp3) is 0.800. The Morgan fingerprint density at radius 1 is 1.56 bits per heavy atom. The molecule has 18 heavy (non-hydrogen) atoms. The van der Waals surface area contributed by atoms with Gasteiger partial charge in [0.1, 0.15) is 0 Å². The number of hydrogen-bond acceptors (Lipinski definition) is 6. The van der Waals surface area contributed by atoms with Crippen LogP contribution in [0.4, 0.5) is 0 Å². The maximum absolute atomic E-state index is 11.6. The molecule has 0 aliphatic carbocycles. The molecule has 0 radical (unpaired) electrons. The van der Waals surface area contributed by atoms with Crippen molar-refractivity contribution in [2.75, 3.05) is 19.3 Å². The SMILES string of the molecule is CCC(C)NC(=O)CSc1nnnn1CCNC. The van der Waals surface area contributed by atoms with Gasteiger partial charge in [-0.15, -0.1) is 5.10 Å². The molecular formula is C10H20N6OS. The molecule has 1 rings (SSSR count). The van der Waals surface area contributed by atoms with Crippen molar-refractivity contribution in [1.82, 2.24) is 30.8 Å². The van der Waals surface area contributed by atoms with Gasteiger partial charge in [0.2, 0.25) is 11.1 Å². The molecule has 1 unspecified atom stereocenters. The minimum Gasteiger partial charge on any atom is -0.353 e. The second kappa shape index (κ2) is 8.04. The fourth-order valence-corrected chi connectivity index (χ4v) is 1.92. The molecule has 1 aromatic rings. The zero-order valence-electron chi connectivity index (χ0n) is 11.0. The standard InChI is InChI=1S/C10H20N6OS/c1-4-8(2)12-9(17)7-18-10-13-14-15-16(10)6-5-11-3/h8,11H,4-7H2,1-3H3,(H,12,17). The summed E-state index contributed by atoms with van der Waals surface area (Å²) in [5.74, 6) is 0.349. The van der Waals surface area contributed by atoms with E-state index in [-0.39, 0.29) is 11.9 Å². The third-order valence-electron chi connectivity index (χ3n) is 2.42. The summed E-state index contributed by atoms with van der Waals surface area (Å²) in [6.07, 6.45) is 0.927. The smallest absolute Gasteiger partial charge is 0.230 e. The predicted molar refractivity (Wildman–Crippen MR) is 70.4 cm³/mol. The molecule has 0 saturated heterocycles. The van der Waals surface area contributed by atoms with E-state index < -0.39 is 0 Å². The zero-order chi connectivity index (χ0) is 13.4. The Morgan fingerprint density at radius 3 is 3.00 bits per heavy atom. The number of carbonyl (C=O) groups excluding carboxylic acids is 1. The summed E-state index contributed by atoms with van der Waals surface area (Å²) >= 11 is 1.35. The lowest BCUT2D eigenvalue weighted by Gasteiger charge is -2.10. The van der Waals surface area contributed by atoms with Gasteiger partial charge in [-0.05, 0) is 30.8 Å². The summed E-state index contributed by atoms with van der Waals surface area (Å²) in [5.41, 5.74) is 0. The van der Waals surface area contributed by atoms with Gasteiger partial charge in [-0.1, -0.05) is 18.7 Å². The summed E-state index contributed by atoms with van der Waals surface area (Å²) in [6.45, 7) is 5.51. The monoisotopic (exact) mass is 272 g/mol. The zero-order valence-corrected chi connectivity index (χ0v) is 11.8. The molecule has 2 N–H and O–H groups in total. The third-order valence-corrected chi connectivity index (χ3v) is 3.38. The topological polar surface area (TPSA) is 84.7 Å². The van der Waals surface area contributed by atoms with Gasteiger partial charge in [0, 0.05) is 12.6 Å². The van der Waals surface area contributed by atoms with Gasteiger partial charge in [0.05, 0.1) is 12.3 Å². The number of carbonyl (C=O) groups is 1. The quantitative estimate of drug-likeness (QED) is 0.643. The van der Waals surface area contributed by atoms with Crippen LogP contribution in [0.5, 0.6) is 0 Å². The molecule has 7 nitrogen and oxygen atoms in total. The van der Waals surface area contributed by atoms with E-state index in [2.05, 4.69) is 26.2 Å². The number of nitrogens with zero attached hydrogens (tertiary/aromatic N) is 4. The molecule has 0 bridgehead atoms. The average Bonchev–Trinajstić information content (AvgIpc) is 2.81. The first kappa shape index (κ1) is 14.9. The Kier molecular flexibility index (Phi) is 6.66. The number of thioether (sulfide) groups is 1. The van der Waals surface area contributed by atoms with Crippen molar-refractivity contribution in [3.8, 4) is 0 Å². The first-order valence-corrected chi connectivity index (χ1v) is 6.98. The molecule has 0 saturated carbocycles. The van der Waals surface area contributed by atoms with Crippen molar-refractivity contribution in [3.05, 3.63) is 0 Å². The van der Waals surface area contributed by atoms with Gasteiger partial charge in [0.25, 0.3) is 0 Å². The molecule has 0 aliphatic heterocycles. The predicted octanol–water partition coefficient (Wildman–Crippen LogP) is -0.101. The second-order valence-electron chi connectivity index (χ2n) is 3.95. The van der Waals surface area contributed by atoms with E-state index in [1.165, 1.54) is 11.8 Å². The Balaban J connectivity index is 2.38. The minimum atomic E-state index is 0.0116. The lowest BCUT2D eigenvalue weighted by atomic mass is 10.3. The van der Waals surface area contributed by atoms with E-state index in [0.717, 1.165) is 13.0 Å². The number of hydrogen-bond donors (Lipinski definition) is 2. The number of tetrazole rings is 1. The first-order valence-electron chi connectivity index (χ1n) is 6.00. The van der Waals surface area contributed by atoms with E-state index in [1.807, 2.05) is 20.9 Å².